The number of aromatic nitrogens is 5. The minimum absolute atomic E-state index is 0.458. The first-order chi connectivity index (χ1) is 13.7. The lowest BCUT2D eigenvalue weighted by Gasteiger charge is -2.29. The summed E-state index contributed by atoms with van der Waals surface area (Å²) in [5.41, 5.74) is 9.77. The van der Waals surface area contributed by atoms with Crippen LogP contribution in [-0.2, 0) is 6.54 Å². The molecule has 5 N–H and O–H groups in total. The number of H-pyrrole nitrogens is 1. The number of nitrogens with zero attached hydrogens (tertiary/aromatic N) is 4. The van der Waals surface area contributed by atoms with Gasteiger partial charge in [-0.1, -0.05) is 12.5 Å². The minimum Gasteiger partial charge on any atom is -0.383 e. The van der Waals surface area contributed by atoms with E-state index in [1.54, 1.807) is 6.20 Å². The molecule has 3 heterocycles. The summed E-state index contributed by atoms with van der Waals surface area (Å²) in [6.45, 7) is 0.614. The van der Waals surface area contributed by atoms with E-state index in [4.69, 9.17) is 10.8 Å². The van der Waals surface area contributed by atoms with Crippen molar-refractivity contribution >= 4 is 27.6 Å². The second kappa shape index (κ2) is 6.88. The summed E-state index contributed by atoms with van der Waals surface area (Å²) in [5, 5.41) is 26.9. The van der Waals surface area contributed by atoms with Crippen LogP contribution in [0.3, 0.4) is 0 Å². The van der Waals surface area contributed by atoms with Crippen LogP contribution in [0.1, 0.15) is 25.7 Å². The van der Waals surface area contributed by atoms with Gasteiger partial charge in [0.15, 0.2) is 0 Å². The summed E-state index contributed by atoms with van der Waals surface area (Å²) in [7, 11) is 0. The van der Waals surface area contributed by atoms with Gasteiger partial charge >= 0.3 is 0 Å². The number of aliphatic hydroxyl groups is 1. The van der Waals surface area contributed by atoms with Crippen LogP contribution < -0.4 is 11.1 Å². The highest BCUT2D eigenvalue weighted by Crippen LogP contribution is 2.29. The van der Waals surface area contributed by atoms with E-state index in [1.807, 2.05) is 35.1 Å². The van der Waals surface area contributed by atoms with E-state index in [9.17, 15) is 5.11 Å². The maximum Gasteiger partial charge on any atom is 0.135 e. The van der Waals surface area contributed by atoms with Crippen LogP contribution in [0.25, 0.3) is 33.1 Å². The van der Waals surface area contributed by atoms with E-state index in [0.29, 0.717) is 24.8 Å². The molecule has 0 spiro atoms. The first-order valence-corrected chi connectivity index (χ1v) is 9.67. The maximum absolute atomic E-state index is 10.2. The van der Waals surface area contributed by atoms with Gasteiger partial charge in [-0.25, -0.2) is 4.98 Å². The van der Waals surface area contributed by atoms with Crippen molar-refractivity contribution in [3.05, 3.63) is 36.7 Å². The normalized spacial score (nSPS) is 15.9. The van der Waals surface area contributed by atoms with Gasteiger partial charge in [0.2, 0.25) is 0 Å². The van der Waals surface area contributed by atoms with Crippen molar-refractivity contribution in [2.45, 2.75) is 44.5 Å². The van der Waals surface area contributed by atoms with Crippen molar-refractivity contribution in [3.63, 3.8) is 0 Å². The molecule has 4 aromatic rings. The van der Waals surface area contributed by atoms with E-state index >= 15 is 0 Å². The van der Waals surface area contributed by atoms with Gasteiger partial charge in [-0.15, -0.1) is 0 Å². The summed E-state index contributed by atoms with van der Waals surface area (Å²) < 4.78 is 1.84. The Balaban J connectivity index is 1.43. The summed E-state index contributed by atoms with van der Waals surface area (Å²) in [5.74, 6) is 0.462. The molecule has 1 aliphatic rings. The molecule has 28 heavy (non-hydrogen) atoms. The number of hydrogen-bond donors (Lipinski definition) is 4. The third kappa shape index (κ3) is 3.10. The zero-order chi connectivity index (χ0) is 19.1. The van der Waals surface area contributed by atoms with E-state index in [-0.39, 0.29) is 0 Å². The summed E-state index contributed by atoms with van der Waals surface area (Å²) in [6, 6.07) is 8.41. The fraction of sp³-hybridized carbons (Fsp3) is 0.350. The number of rotatable bonds is 6. The molecule has 1 atom stereocenters. The molecule has 1 aliphatic carbocycles. The van der Waals surface area contributed by atoms with Crippen LogP contribution in [0.5, 0.6) is 0 Å². The van der Waals surface area contributed by atoms with Gasteiger partial charge in [-0.05, 0) is 31.0 Å². The molecule has 0 amide bonds. The number of pyridine rings is 1. The number of anilines is 1. The van der Waals surface area contributed by atoms with Gasteiger partial charge in [-0.3, -0.25) is 15.1 Å². The lowest BCUT2D eigenvalue weighted by molar-refractivity contribution is 0.0909. The quantitative estimate of drug-likeness (QED) is 0.383. The summed E-state index contributed by atoms with van der Waals surface area (Å²) in [6.07, 6.45) is 7.27. The third-order valence-corrected chi connectivity index (χ3v) is 5.51. The van der Waals surface area contributed by atoms with E-state index in [1.165, 1.54) is 6.42 Å². The molecule has 8 nitrogen and oxygen atoms in total. The highest BCUT2D eigenvalue weighted by molar-refractivity contribution is 6.08. The summed E-state index contributed by atoms with van der Waals surface area (Å²) in [4.78, 5) is 4.57. The molecular formula is C20H23N7O. The molecule has 1 saturated carbocycles. The molecule has 8 heteroatoms. The highest BCUT2D eigenvalue weighted by atomic mass is 16.3. The number of aryl methyl sites for hydroxylation is 1. The van der Waals surface area contributed by atoms with Gasteiger partial charge in [0.25, 0.3) is 0 Å². The SMILES string of the molecule is Nc1nc2cc(-c3ccn[nH]3)ccc2c2nn(CCC(O)NC3CCC3)cc12. The van der Waals surface area contributed by atoms with Crippen molar-refractivity contribution in [2.24, 2.45) is 0 Å². The van der Waals surface area contributed by atoms with E-state index in [2.05, 4.69) is 20.5 Å². The Bertz CT molecular complexity index is 1110. The fourth-order valence-corrected chi connectivity index (χ4v) is 3.71. The van der Waals surface area contributed by atoms with E-state index < -0.39 is 6.23 Å². The molecule has 0 bridgehead atoms. The van der Waals surface area contributed by atoms with Crippen molar-refractivity contribution < 1.29 is 5.11 Å². The number of nitrogens with one attached hydrogen (secondary N) is 2. The van der Waals surface area contributed by atoms with Gasteiger partial charge < -0.3 is 10.8 Å². The number of benzene rings is 1. The second-order valence-corrected chi connectivity index (χ2v) is 7.45. The van der Waals surface area contributed by atoms with Crippen LogP contribution in [0.4, 0.5) is 5.82 Å². The largest absolute Gasteiger partial charge is 0.383 e. The fourth-order valence-electron chi connectivity index (χ4n) is 3.71. The number of hydrogen-bond acceptors (Lipinski definition) is 6. The smallest absolute Gasteiger partial charge is 0.135 e. The number of nitrogen functional groups attached to an aromatic ring is 1. The Kier molecular flexibility index (Phi) is 4.22. The third-order valence-electron chi connectivity index (χ3n) is 5.51. The van der Waals surface area contributed by atoms with Crippen molar-refractivity contribution in [3.8, 4) is 11.3 Å². The zero-order valence-corrected chi connectivity index (χ0v) is 15.5. The lowest BCUT2D eigenvalue weighted by Crippen LogP contribution is -2.42. The first kappa shape index (κ1) is 17.2. The minimum atomic E-state index is -0.512. The molecule has 144 valence electrons. The summed E-state index contributed by atoms with van der Waals surface area (Å²) >= 11 is 0. The Hall–Kier alpha value is -2.97. The average molecular weight is 377 g/mol. The number of aromatic amines is 1. The van der Waals surface area contributed by atoms with Crippen LogP contribution >= 0.6 is 0 Å². The topological polar surface area (TPSA) is 118 Å². The molecule has 1 fully saturated rings. The number of nitrogens with two attached hydrogens (primary N) is 1. The van der Waals surface area contributed by atoms with Crippen molar-refractivity contribution in [2.75, 3.05) is 5.73 Å². The predicted octanol–water partition coefficient (Wildman–Crippen LogP) is 2.41. The molecule has 1 aromatic carbocycles. The monoisotopic (exact) mass is 377 g/mol. The zero-order valence-electron chi connectivity index (χ0n) is 15.5. The van der Waals surface area contributed by atoms with Gasteiger partial charge in [-0.2, -0.15) is 10.2 Å². The molecular weight excluding hydrogens is 354 g/mol. The van der Waals surface area contributed by atoms with Crippen LogP contribution in [0.2, 0.25) is 0 Å². The van der Waals surface area contributed by atoms with E-state index in [0.717, 1.165) is 45.9 Å². The second-order valence-electron chi connectivity index (χ2n) is 7.45. The Morgan fingerprint density at radius 2 is 2.18 bits per heavy atom. The van der Waals surface area contributed by atoms with Crippen LogP contribution in [0, 0.1) is 0 Å². The van der Waals surface area contributed by atoms with Gasteiger partial charge in [0, 0.05) is 42.4 Å². The number of fused-ring (bicyclic) bond motifs is 3. The standard InChI is InChI=1S/C20H23N7O/c21-20-15-11-27(9-7-18(28)23-13-2-1-3-13)26-19(15)14-5-4-12(10-17(14)24-20)16-6-8-22-25-16/h4-6,8,10-11,13,18,23,28H,1-3,7,9H2,(H2,21,24)(H,22,25). The molecule has 0 saturated heterocycles. The Morgan fingerprint density at radius 3 is 2.93 bits per heavy atom. The molecule has 1 unspecified atom stereocenters. The lowest BCUT2D eigenvalue weighted by atomic mass is 9.93. The average Bonchev–Trinajstić information content (AvgIpc) is 3.33. The van der Waals surface area contributed by atoms with Crippen LogP contribution in [0.15, 0.2) is 36.7 Å². The van der Waals surface area contributed by atoms with Crippen molar-refractivity contribution in [1.29, 1.82) is 0 Å². The molecule has 0 aliphatic heterocycles. The molecule has 3 aromatic heterocycles. The van der Waals surface area contributed by atoms with Crippen molar-refractivity contribution in [1.82, 2.24) is 30.3 Å². The number of aliphatic hydroxyl groups excluding tert-OH is 1. The van der Waals surface area contributed by atoms with Gasteiger partial charge in [0.05, 0.1) is 16.6 Å². The molecule has 5 rings (SSSR count). The Labute approximate surface area is 161 Å². The Morgan fingerprint density at radius 1 is 1.29 bits per heavy atom. The first-order valence-electron chi connectivity index (χ1n) is 9.67. The highest BCUT2D eigenvalue weighted by Gasteiger charge is 2.20. The molecule has 0 radical (unpaired) electrons. The van der Waals surface area contributed by atoms with Crippen LogP contribution in [-0.4, -0.2) is 42.3 Å². The predicted molar refractivity (Wildman–Crippen MR) is 108 cm³/mol. The maximum atomic E-state index is 10.2. The van der Waals surface area contributed by atoms with Gasteiger partial charge in [0.1, 0.15) is 17.6 Å².